The largest absolute Gasteiger partial charge is 0.212 e. The van der Waals surface area contributed by atoms with Crippen LogP contribution in [0.3, 0.4) is 0 Å². The summed E-state index contributed by atoms with van der Waals surface area (Å²) < 4.78 is 27.8. The summed E-state index contributed by atoms with van der Waals surface area (Å²) in [6, 6.07) is 13.5. The topological polar surface area (TPSA) is 46.2 Å². The Balaban J connectivity index is 1.94. The van der Waals surface area contributed by atoms with E-state index in [-0.39, 0.29) is 11.7 Å². The monoisotopic (exact) mass is 373 g/mol. The van der Waals surface area contributed by atoms with E-state index < -0.39 is 10.0 Å². The maximum atomic E-state index is 12.1. The average molecular weight is 374 g/mol. The van der Waals surface area contributed by atoms with Gasteiger partial charge < -0.3 is 0 Å². The Morgan fingerprint density at radius 1 is 1.20 bits per heavy atom. The molecule has 1 heterocycles. The number of thiophene rings is 1. The van der Waals surface area contributed by atoms with Gasteiger partial charge in [0.05, 0.1) is 9.54 Å². The van der Waals surface area contributed by atoms with Crippen LogP contribution in [0.1, 0.15) is 23.3 Å². The third-order valence-corrected chi connectivity index (χ3v) is 6.08. The Morgan fingerprint density at radius 2 is 1.90 bits per heavy atom. The average Bonchev–Trinajstić information content (AvgIpc) is 2.83. The summed E-state index contributed by atoms with van der Waals surface area (Å²) in [6.07, 6.45) is 0. The van der Waals surface area contributed by atoms with Crippen molar-refractivity contribution in [3.63, 3.8) is 0 Å². The summed E-state index contributed by atoms with van der Waals surface area (Å²) in [5.74, 6) is 0.0765. The van der Waals surface area contributed by atoms with Crippen LogP contribution in [0.15, 0.2) is 46.3 Å². The van der Waals surface area contributed by atoms with Crippen molar-refractivity contribution >= 4 is 37.3 Å². The van der Waals surface area contributed by atoms with Crippen LogP contribution in [-0.2, 0) is 16.6 Å². The lowest BCUT2D eigenvalue weighted by molar-refractivity contribution is 0.576. The van der Waals surface area contributed by atoms with Gasteiger partial charge in [-0.15, -0.1) is 11.3 Å². The molecule has 108 valence electrons. The van der Waals surface area contributed by atoms with Crippen LogP contribution in [0.2, 0.25) is 0 Å². The molecule has 0 bridgehead atoms. The lowest BCUT2D eigenvalue weighted by Crippen LogP contribution is -2.27. The Kier molecular flexibility index (Phi) is 5.37. The molecule has 0 aliphatic heterocycles. The van der Waals surface area contributed by atoms with Gasteiger partial charge in [0.25, 0.3) is 0 Å². The van der Waals surface area contributed by atoms with Crippen LogP contribution >= 0.6 is 27.3 Å². The van der Waals surface area contributed by atoms with E-state index in [1.165, 1.54) is 11.3 Å². The van der Waals surface area contributed by atoms with E-state index in [1.54, 1.807) is 0 Å². The number of hydrogen-bond acceptors (Lipinski definition) is 3. The SMILES string of the molecule is CC(CS(=O)(=O)NCc1ccc(Br)s1)c1ccccc1. The molecule has 0 amide bonds. The molecule has 0 radical (unpaired) electrons. The molecule has 0 aliphatic carbocycles. The minimum atomic E-state index is -3.28. The molecule has 3 nitrogen and oxygen atoms in total. The van der Waals surface area contributed by atoms with Gasteiger partial charge in [0.2, 0.25) is 10.0 Å². The van der Waals surface area contributed by atoms with Gasteiger partial charge in [0.15, 0.2) is 0 Å². The molecule has 2 rings (SSSR count). The smallest absolute Gasteiger partial charge is 0.212 e. The summed E-state index contributed by atoms with van der Waals surface area (Å²) >= 11 is 4.90. The summed E-state index contributed by atoms with van der Waals surface area (Å²) in [6.45, 7) is 2.27. The highest BCUT2D eigenvalue weighted by Gasteiger charge is 2.16. The van der Waals surface area contributed by atoms with Crippen molar-refractivity contribution in [2.75, 3.05) is 5.75 Å². The molecule has 1 aromatic carbocycles. The molecule has 1 atom stereocenters. The molecule has 0 spiro atoms. The van der Waals surface area contributed by atoms with Crippen LogP contribution in [0.4, 0.5) is 0 Å². The Bertz CT molecular complexity index is 653. The zero-order chi connectivity index (χ0) is 14.6. The molecule has 1 unspecified atom stereocenters. The van der Waals surface area contributed by atoms with Crippen molar-refractivity contribution < 1.29 is 8.42 Å². The lowest BCUT2D eigenvalue weighted by atomic mass is 10.0. The number of nitrogens with one attached hydrogen (secondary N) is 1. The Labute approximate surface area is 132 Å². The Morgan fingerprint density at radius 3 is 2.50 bits per heavy atom. The van der Waals surface area contributed by atoms with Gasteiger partial charge in [-0.3, -0.25) is 0 Å². The van der Waals surface area contributed by atoms with E-state index in [9.17, 15) is 8.42 Å². The van der Waals surface area contributed by atoms with E-state index in [1.807, 2.05) is 49.4 Å². The Hall–Kier alpha value is -0.690. The van der Waals surface area contributed by atoms with Crippen molar-refractivity contribution in [2.45, 2.75) is 19.4 Å². The standard InChI is InChI=1S/C14H16BrNO2S2/c1-11(12-5-3-2-4-6-12)10-20(17,18)16-9-13-7-8-14(15)19-13/h2-8,11,16H,9-10H2,1H3. The first-order chi connectivity index (χ1) is 9.46. The van der Waals surface area contributed by atoms with Crippen LogP contribution in [0, 0.1) is 0 Å². The molecule has 20 heavy (non-hydrogen) atoms. The molecule has 1 aromatic heterocycles. The first-order valence-electron chi connectivity index (χ1n) is 6.23. The maximum absolute atomic E-state index is 12.1. The van der Waals surface area contributed by atoms with Gasteiger partial charge in [-0.05, 0) is 39.5 Å². The second kappa shape index (κ2) is 6.85. The molecule has 2 aromatic rings. The third-order valence-electron chi connectivity index (χ3n) is 2.93. The second-order valence-electron chi connectivity index (χ2n) is 4.62. The molecule has 0 fully saturated rings. The molecular formula is C14H16BrNO2S2. The van der Waals surface area contributed by atoms with Gasteiger partial charge >= 0.3 is 0 Å². The highest BCUT2D eigenvalue weighted by Crippen LogP contribution is 2.22. The van der Waals surface area contributed by atoms with Gasteiger partial charge in [-0.25, -0.2) is 13.1 Å². The zero-order valence-electron chi connectivity index (χ0n) is 11.0. The number of halogens is 1. The zero-order valence-corrected chi connectivity index (χ0v) is 14.3. The fourth-order valence-electron chi connectivity index (χ4n) is 1.89. The van der Waals surface area contributed by atoms with Crippen LogP contribution in [0.5, 0.6) is 0 Å². The van der Waals surface area contributed by atoms with Crippen LogP contribution in [0.25, 0.3) is 0 Å². The first-order valence-corrected chi connectivity index (χ1v) is 9.49. The third kappa shape index (κ3) is 4.70. The van der Waals surface area contributed by atoms with Gasteiger partial charge in [0.1, 0.15) is 0 Å². The lowest BCUT2D eigenvalue weighted by Gasteiger charge is -2.12. The molecule has 0 saturated carbocycles. The van der Waals surface area contributed by atoms with E-state index in [0.717, 1.165) is 14.2 Å². The van der Waals surface area contributed by atoms with Crippen LogP contribution < -0.4 is 4.72 Å². The molecule has 1 N–H and O–H groups in total. The minimum Gasteiger partial charge on any atom is -0.212 e. The quantitative estimate of drug-likeness (QED) is 0.838. The molecular weight excluding hydrogens is 358 g/mol. The van der Waals surface area contributed by atoms with Gasteiger partial charge in [-0.2, -0.15) is 0 Å². The summed E-state index contributed by atoms with van der Waals surface area (Å²) in [7, 11) is -3.28. The predicted octanol–water partition coefficient (Wildman–Crippen LogP) is 3.73. The number of benzene rings is 1. The summed E-state index contributed by atoms with van der Waals surface area (Å²) in [4.78, 5) is 0.993. The predicted molar refractivity (Wildman–Crippen MR) is 87.5 cm³/mol. The number of hydrogen-bond donors (Lipinski definition) is 1. The normalized spacial score (nSPS) is 13.3. The van der Waals surface area contributed by atoms with Crippen molar-refractivity contribution in [3.8, 4) is 0 Å². The van der Waals surface area contributed by atoms with E-state index >= 15 is 0 Å². The highest BCUT2D eigenvalue weighted by atomic mass is 79.9. The van der Waals surface area contributed by atoms with Crippen molar-refractivity contribution in [1.82, 2.24) is 4.72 Å². The summed E-state index contributed by atoms with van der Waals surface area (Å²) in [5, 5.41) is 0. The van der Waals surface area contributed by atoms with Crippen molar-refractivity contribution in [1.29, 1.82) is 0 Å². The first kappa shape index (κ1) is 15.7. The number of sulfonamides is 1. The van der Waals surface area contributed by atoms with E-state index in [2.05, 4.69) is 20.7 Å². The highest BCUT2D eigenvalue weighted by molar-refractivity contribution is 9.11. The van der Waals surface area contributed by atoms with Gasteiger partial charge in [0, 0.05) is 11.4 Å². The minimum absolute atomic E-state index is 0.0243. The fourth-order valence-corrected chi connectivity index (χ4v) is 4.75. The molecule has 0 saturated heterocycles. The molecule has 0 aliphatic rings. The fraction of sp³-hybridized carbons (Fsp3) is 0.286. The van der Waals surface area contributed by atoms with Crippen molar-refractivity contribution in [3.05, 3.63) is 56.7 Å². The van der Waals surface area contributed by atoms with Crippen LogP contribution in [-0.4, -0.2) is 14.2 Å². The van der Waals surface area contributed by atoms with E-state index in [4.69, 9.17) is 0 Å². The second-order valence-corrected chi connectivity index (χ2v) is 9.02. The summed E-state index contributed by atoms with van der Waals surface area (Å²) in [5.41, 5.74) is 1.04. The maximum Gasteiger partial charge on any atom is 0.212 e. The molecule has 6 heteroatoms. The number of rotatable bonds is 6. The van der Waals surface area contributed by atoms with E-state index in [0.29, 0.717) is 6.54 Å². The van der Waals surface area contributed by atoms with Crippen molar-refractivity contribution in [2.24, 2.45) is 0 Å². The van der Waals surface area contributed by atoms with Gasteiger partial charge in [-0.1, -0.05) is 37.3 Å².